The van der Waals surface area contributed by atoms with E-state index in [1.165, 1.54) is 6.92 Å². The number of rotatable bonds is 2. The zero-order chi connectivity index (χ0) is 12.1. The second-order valence-electron chi connectivity index (χ2n) is 1.70. The minimum Gasteiger partial charge on any atom is -0.598 e. The quantitative estimate of drug-likeness (QED) is 0.427. The fraction of sp³-hybridized carbons (Fsp3) is 0.667. The Bertz CT molecular complexity index is 166. The average molecular weight is 253 g/mol. The van der Waals surface area contributed by atoms with Crippen LogP contribution >= 0.6 is 8.25 Å². The molecule has 0 radical (unpaired) electrons. The molecule has 0 rings (SSSR count). The van der Waals surface area contributed by atoms with Crippen molar-refractivity contribution in [2.45, 2.75) is 26.7 Å². The maximum absolute atomic E-state index is 9.37. The Morgan fingerprint density at radius 1 is 1.20 bits per heavy atom. The van der Waals surface area contributed by atoms with Gasteiger partial charge in [-0.2, -0.15) is 0 Å². The standard InChI is InChI=1S/2C3H6O2.Al.HO3P/c2*1-2-3(4)5;;1-4(2)3/h2*2H2,1H3,(H,4,5);;(H,1,2,3)/q;;+3;/p-2. The van der Waals surface area contributed by atoms with E-state index in [4.69, 9.17) is 19.5 Å². The molecule has 0 aliphatic heterocycles. The Kier molecular flexibility index (Phi) is 30.6. The molecule has 1 N–H and O–H groups in total. The minimum atomic E-state index is -3.37. The molecule has 0 aromatic heterocycles. The number of carbonyl (C=O) groups excluding carboxylic acids is 1. The zero-order valence-corrected chi connectivity index (χ0v) is 10.4. The van der Waals surface area contributed by atoms with Gasteiger partial charge in [-0.1, -0.05) is 18.4 Å². The molecular formula is C6H11AlO7P+. The van der Waals surface area contributed by atoms with Crippen LogP contribution in [0.1, 0.15) is 26.7 Å². The number of hydrogen-bond donors (Lipinski definition) is 1. The van der Waals surface area contributed by atoms with Gasteiger partial charge >= 0.3 is 23.3 Å². The summed E-state index contributed by atoms with van der Waals surface area (Å²) in [5.41, 5.74) is 0. The largest absolute Gasteiger partial charge is 3.00 e. The summed E-state index contributed by atoms with van der Waals surface area (Å²) in [6.07, 6.45) is 0.333. The molecule has 84 valence electrons. The summed E-state index contributed by atoms with van der Waals surface area (Å²) in [6.45, 7) is 3.14. The maximum atomic E-state index is 9.37. The van der Waals surface area contributed by atoms with E-state index < -0.39 is 20.2 Å². The van der Waals surface area contributed by atoms with E-state index >= 15 is 0 Å². The summed E-state index contributed by atoms with van der Waals surface area (Å²) < 4.78 is 8.48. The Balaban J connectivity index is -0.0000000590. The number of aliphatic carboxylic acids is 2. The Labute approximate surface area is 98.8 Å². The SMILES string of the molecule is CCC(=O)O.CCC(=O)[O-].O=[P+]([O-])[O-].[Al+3]. The monoisotopic (exact) mass is 253 g/mol. The van der Waals surface area contributed by atoms with Crippen molar-refractivity contribution in [1.82, 2.24) is 0 Å². The van der Waals surface area contributed by atoms with Crippen molar-refractivity contribution in [3.8, 4) is 0 Å². The maximum Gasteiger partial charge on any atom is 3.00 e. The molecule has 0 saturated carbocycles. The molecule has 0 aliphatic carbocycles. The fourth-order valence-corrected chi connectivity index (χ4v) is 0. The van der Waals surface area contributed by atoms with Crippen molar-refractivity contribution in [1.29, 1.82) is 0 Å². The average Bonchev–Trinajstić information content (AvgIpc) is 2.04. The van der Waals surface area contributed by atoms with E-state index in [9.17, 15) is 14.7 Å². The van der Waals surface area contributed by atoms with Gasteiger partial charge in [0.05, 0.1) is 0 Å². The van der Waals surface area contributed by atoms with Gasteiger partial charge in [0, 0.05) is 12.4 Å². The van der Waals surface area contributed by atoms with Crippen LogP contribution in [0, 0.1) is 0 Å². The van der Waals surface area contributed by atoms with Crippen LogP contribution in [0.25, 0.3) is 0 Å². The van der Waals surface area contributed by atoms with Crippen LogP contribution in [0.4, 0.5) is 0 Å². The number of carboxylic acids is 2. The van der Waals surface area contributed by atoms with Crippen molar-refractivity contribution in [2.75, 3.05) is 0 Å². The predicted molar refractivity (Wildman–Crippen MR) is 46.6 cm³/mol. The van der Waals surface area contributed by atoms with Crippen molar-refractivity contribution in [3.63, 3.8) is 0 Å². The molecule has 0 atom stereocenters. The van der Waals surface area contributed by atoms with Crippen LogP contribution in [0.3, 0.4) is 0 Å². The third-order valence-electron chi connectivity index (χ3n) is 0.591. The van der Waals surface area contributed by atoms with Gasteiger partial charge in [0.2, 0.25) is 0 Å². The van der Waals surface area contributed by atoms with Gasteiger partial charge < -0.3 is 24.8 Å². The molecule has 0 amide bonds. The number of carboxylic acid groups (broad SMARTS) is 2. The smallest absolute Gasteiger partial charge is 0.598 e. The molecule has 9 heteroatoms. The van der Waals surface area contributed by atoms with Crippen molar-refractivity contribution < 1.29 is 34.2 Å². The van der Waals surface area contributed by atoms with Crippen LogP contribution in [-0.4, -0.2) is 34.4 Å². The first kappa shape index (κ1) is 24.0. The van der Waals surface area contributed by atoms with Gasteiger partial charge in [-0.05, 0) is 6.42 Å². The number of hydrogen-bond acceptors (Lipinski definition) is 6. The van der Waals surface area contributed by atoms with Gasteiger partial charge in [0.15, 0.2) is 0 Å². The summed E-state index contributed by atoms with van der Waals surface area (Å²) in [7, 11) is -3.37. The summed E-state index contributed by atoms with van der Waals surface area (Å²) in [5.74, 6) is -1.74. The van der Waals surface area contributed by atoms with Crippen molar-refractivity contribution in [2.24, 2.45) is 0 Å². The van der Waals surface area contributed by atoms with Gasteiger partial charge in [0.1, 0.15) is 0 Å². The fourth-order valence-electron chi connectivity index (χ4n) is 0. The van der Waals surface area contributed by atoms with E-state index in [0.29, 0.717) is 0 Å². The number of carbonyl (C=O) groups is 2. The molecule has 0 fully saturated rings. The Hall–Kier alpha value is -0.508. The van der Waals surface area contributed by atoms with E-state index in [2.05, 4.69) is 0 Å². The molecule has 0 bridgehead atoms. The van der Waals surface area contributed by atoms with Crippen molar-refractivity contribution in [3.05, 3.63) is 0 Å². The molecule has 0 heterocycles. The van der Waals surface area contributed by atoms with Gasteiger partial charge in [-0.15, -0.1) is 0 Å². The van der Waals surface area contributed by atoms with E-state index in [1.54, 1.807) is 6.92 Å². The van der Waals surface area contributed by atoms with Crippen LogP contribution < -0.4 is 14.9 Å². The van der Waals surface area contributed by atoms with Crippen LogP contribution in [0.5, 0.6) is 0 Å². The third-order valence-corrected chi connectivity index (χ3v) is 0.591. The molecule has 0 spiro atoms. The molecule has 0 aromatic carbocycles. The Morgan fingerprint density at radius 3 is 1.33 bits per heavy atom. The third kappa shape index (κ3) is 146. The normalized spacial score (nSPS) is 6.67. The second kappa shape index (κ2) is 19.1. The molecule has 7 nitrogen and oxygen atoms in total. The van der Waals surface area contributed by atoms with E-state index in [1.807, 2.05) is 0 Å². The van der Waals surface area contributed by atoms with Crippen LogP contribution in [0.15, 0.2) is 0 Å². The first-order chi connectivity index (χ1) is 6.27. The summed E-state index contributed by atoms with van der Waals surface area (Å²) >= 11 is 0. The van der Waals surface area contributed by atoms with Crippen LogP contribution in [-0.2, 0) is 14.2 Å². The molecule has 0 saturated heterocycles. The van der Waals surface area contributed by atoms with Gasteiger partial charge in [-0.25, -0.2) is 0 Å². The van der Waals surface area contributed by atoms with Gasteiger partial charge in [0.25, 0.3) is 8.25 Å². The summed E-state index contributed by atoms with van der Waals surface area (Å²) in [4.78, 5) is 35.6. The second-order valence-corrected chi connectivity index (χ2v) is 2.14. The topological polar surface area (TPSA) is 141 Å². The Morgan fingerprint density at radius 2 is 1.33 bits per heavy atom. The molecule has 0 aliphatic rings. The van der Waals surface area contributed by atoms with Crippen molar-refractivity contribution >= 4 is 37.6 Å². The van der Waals surface area contributed by atoms with Gasteiger partial charge in [-0.3, -0.25) is 4.79 Å². The minimum absolute atomic E-state index is 0. The summed E-state index contributed by atoms with van der Waals surface area (Å²) in [6, 6.07) is 0. The van der Waals surface area contributed by atoms with E-state index in [0.717, 1.165) is 0 Å². The zero-order valence-electron chi connectivity index (χ0n) is 8.34. The molecule has 0 unspecified atom stereocenters. The van der Waals surface area contributed by atoms with E-state index in [-0.39, 0.29) is 30.2 Å². The summed E-state index contributed by atoms with van der Waals surface area (Å²) in [5, 5.41) is 17.0. The predicted octanol–water partition coefficient (Wildman–Crippen LogP) is -2.39. The van der Waals surface area contributed by atoms with Crippen LogP contribution in [0.2, 0.25) is 0 Å². The molecule has 15 heavy (non-hydrogen) atoms. The first-order valence-electron chi connectivity index (χ1n) is 3.51. The first-order valence-corrected chi connectivity index (χ1v) is 4.60. The molecular weight excluding hydrogens is 242 g/mol. The molecule has 0 aromatic rings.